The highest BCUT2D eigenvalue weighted by molar-refractivity contribution is 6.31. The minimum Gasteiger partial charge on any atom is -0.388 e. The summed E-state index contributed by atoms with van der Waals surface area (Å²) in [6.07, 6.45) is 2.85. The Balaban J connectivity index is 2.33. The lowest BCUT2D eigenvalue weighted by molar-refractivity contribution is 0.167. The number of aromatic amines is 1. The summed E-state index contributed by atoms with van der Waals surface area (Å²) in [5.74, 6) is 0. The number of aliphatic hydroxyl groups excluding tert-OH is 1. The van der Waals surface area contributed by atoms with E-state index in [1.165, 1.54) is 0 Å². The third-order valence-electron chi connectivity index (χ3n) is 2.72. The molecule has 86 valence electrons. The summed E-state index contributed by atoms with van der Waals surface area (Å²) in [5, 5.41) is 11.7. The lowest BCUT2D eigenvalue weighted by atomic mass is 10.0. The van der Waals surface area contributed by atoms with Crippen molar-refractivity contribution in [2.24, 2.45) is 5.73 Å². The van der Waals surface area contributed by atoms with Crippen LogP contribution in [-0.2, 0) is 0 Å². The number of hydrogen-bond donors (Lipinski definition) is 3. The topological polar surface area (TPSA) is 62.0 Å². The van der Waals surface area contributed by atoms with Crippen LogP contribution >= 0.6 is 11.6 Å². The van der Waals surface area contributed by atoms with Gasteiger partial charge in [-0.15, -0.1) is 0 Å². The first-order chi connectivity index (χ1) is 7.72. The molecule has 1 aromatic heterocycles. The van der Waals surface area contributed by atoms with E-state index in [4.69, 9.17) is 17.3 Å². The molecule has 1 heterocycles. The SMILES string of the molecule is NCCCC(O)c1c[nH]c2ccc(Cl)cc12. The number of aromatic nitrogens is 1. The third-order valence-corrected chi connectivity index (χ3v) is 2.95. The molecule has 2 rings (SSSR count). The highest BCUT2D eigenvalue weighted by Gasteiger charge is 2.12. The number of halogens is 1. The van der Waals surface area contributed by atoms with Gasteiger partial charge in [-0.3, -0.25) is 0 Å². The number of H-pyrrole nitrogens is 1. The molecular formula is C12H15ClN2O. The van der Waals surface area contributed by atoms with Gasteiger partial charge in [-0.2, -0.15) is 0 Å². The van der Waals surface area contributed by atoms with Gasteiger partial charge in [-0.1, -0.05) is 11.6 Å². The summed E-state index contributed by atoms with van der Waals surface area (Å²) in [7, 11) is 0. The van der Waals surface area contributed by atoms with E-state index in [1.807, 2.05) is 24.4 Å². The molecule has 0 aliphatic carbocycles. The molecule has 4 heteroatoms. The lowest BCUT2D eigenvalue weighted by Crippen LogP contribution is -2.03. The standard InChI is InChI=1S/C12H15ClN2O/c13-8-3-4-11-9(6-8)10(7-15-11)12(16)2-1-5-14/h3-4,6-7,12,15-16H,1-2,5,14H2. The van der Waals surface area contributed by atoms with E-state index in [0.717, 1.165) is 22.9 Å². The Bertz CT molecular complexity index is 481. The van der Waals surface area contributed by atoms with E-state index in [-0.39, 0.29) is 0 Å². The highest BCUT2D eigenvalue weighted by Crippen LogP contribution is 2.28. The fraction of sp³-hybridized carbons (Fsp3) is 0.333. The average molecular weight is 239 g/mol. The van der Waals surface area contributed by atoms with Gasteiger partial charge in [0.05, 0.1) is 6.10 Å². The highest BCUT2D eigenvalue weighted by atomic mass is 35.5. The van der Waals surface area contributed by atoms with E-state index < -0.39 is 6.10 Å². The molecule has 0 aliphatic rings. The smallest absolute Gasteiger partial charge is 0.0811 e. The largest absolute Gasteiger partial charge is 0.388 e. The van der Waals surface area contributed by atoms with Crippen molar-refractivity contribution in [2.45, 2.75) is 18.9 Å². The van der Waals surface area contributed by atoms with Crippen LogP contribution in [0.5, 0.6) is 0 Å². The molecule has 2 aromatic rings. The fourth-order valence-electron chi connectivity index (χ4n) is 1.86. The summed E-state index contributed by atoms with van der Waals surface area (Å²) in [5.41, 5.74) is 7.31. The summed E-state index contributed by atoms with van der Waals surface area (Å²) >= 11 is 5.94. The molecule has 0 saturated carbocycles. The number of nitrogens with two attached hydrogens (primary N) is 1. The van der Waals surface area contributed by atoms with E-state index in [1.54, 1.807) is 0 Å². The van der Waals surface area contributed by atoms with Gasteiger partial charge in [0, 0.05) is 27.7 Å². The number of benzene rings is 1. The number of aliphatic hydroxyl groups is 1. The summed E-state index contributed by atoms with van der Waals surface area (Å²) < 4.78 is 0. The zero-order valence-corrected chi connectivity index (χ0v) is 9.67. The maximum Gasteiger partial charge on any atom is 0.0811 e. The van der Waals surface area contributed by atoms with Gasteiger partial charge < -0.3 is 15.8 Å². The van der Waals surface area contributed by atoms with Gasteiger partial charge in [0.2, 0.25) is 0 Å². The quantitative estimate of drug-likeness (QED) is 0.767. The maximum absolute atomic E-state index is 10.0. The van der Waals surface area contributed by atoms with Crippen molar-refractivity contribution in [3.8, 4) is 0 Å². The monoisotopic (exact) mass is 238 g/mol. The normalized spacial score (nSPS) is 13.2. The van der Waals surface area contributed by atoms with E-state index in [0.29, 0.717) is 18.0 Å². The molecule has 4 N–H and O–H groups in total. The molecule has 1 aromatic carbocycles. The number of hydrogen-bond acceptors (Lipinski definition) is 2. The molecule has 0 amide bonds. The minimum atomic E-state index is -0.476. The Morgan fingerprint density at radius 3 is 3.00 bits per heavy atom. The molecule has 0 aliphatic heterocycles. The first kappa shape index (κ1) is 11.5. The van der Waals surface area contributed by atoms with Crippen LogP contribution in [0.15, 0.2) is 24.4 Å². The van der Waals surface area contributed by atoms with Gasteiger partial charge in [-0.25, -0.2) is 0 Å². The maximum atomic E-state index is 10.0. The zero-order chi connectivity index (χ0) is 11.5. The summed E-state index contributed by atoms with van der Waals surface area (Å²) in [4.78, 5) is 3.12. The van der Waals surface area contributed by atoms with Gasteiger partial charge in [-0.05, 0) is 37.6 Å². The molecule has 1 atom stereocenters. The van der Waals surface area contributed by atoms with E-state index >= 15 is 0 Å². The first-order valence-electron chi connectivity index (χ1n) is 5.37. The van der Waals surface area contributed by atoms with Crippen LogP contribution in [0.1, 0.15) is 24.5 Å². The van der Waals surface area contributed by atoms with E-state index in [9.17, 15) is 5.11 Å². The summed E-state index contributed by atoms with van der Waals surface area (Å²) in [6, 6.07) is 5.61. The Labute approximate surface area is 99.2 Å². The van der Waals surface area contributed by atoms with Crippen molar-refractivity contribution in [3.05, 3.63) is 35.0 Å². The van der Waals surface area contributed by atoms with Crippen molar-refractivity contribution >= 4 is 22.5 Å². The second-order valence-electron chi connectivity index (χ2n) is 3.88. The molecule has 0 bridgehead atoms. The summed E-state index contributed by atoms with van der Waals surface area (Å²) in [6.45, 7) is 0.597. The van der Waals surface area contributed by atoms with Crippen LogP contribution in [0.3, 0.4) is 0 Å². The van der Waals surface area contributed by atoms with Crippen LogP contribution in [0.25, 0.3) is 10.9 Å². The zero-order valence-electron chi connectivity index (χ0n) is 8.91. The molecule has 16 heavy (non-hydrogen) atoms. The van der Waals surface area contributed by atoms with Gasteiger partial charge in [0.1, 0.15) is 0 Å². The van der Waals surface area contributed by atoms with Crippen molar-refractivity contribution in [1.29, 1.82) is 0 Å². The fourth-order valence-corrected chi connectivity index (χ4v) is 2.03. The van der Waals surface area contributed by atoms with Gasteiger partial charge in [0.15, 0.2) is 0 Å². The molecule has 0 fully saturated rings. The number of fused-ring (bicyclic) bond motifs is 1. The lowest BCUT2D eigenvalue weighted by Gasteiger charge is -2.08. The van der Waals surface area contributed by atoms with Crippen LogP contribution in [0, 0.1) is 0 Å². The van der Waals surface area contributed by atoms with Crippen molar-refractivity contribution in [1.82, 2.24) is 4.98 Å². The molecule has 1 unspecified atom stereocenters. The minimum absolute atomic E-state index is 0.476. The number of nitrogens with one attached hydrogen (secondary N) is 1. The second-order valence-corrected chi connectivity index (χ2v) is 4.32. The average Bonchev–Trinajstić information content (AvgIpc) is 2.68. The molecule has 3 nitrogen and oxygen atoms in total. The van der Waals surface area contributed by atoms with Crippen LogP contribution in [-0.4, -0.2) is 16.6 Å². The predicted molar refractivity (Wildman–Crippen MR) is 66.6 cm³/mol. The van der Waals surface area contributed by atoms with Gasteiger partial charge in [0.25, 0.3) is 0 Å². The van der Waals surface area contributed by atoms with Gasteiger partial charge >= 0.3 is 0 Å². The Hall–Kier alpha value is -1.03. The van der Waals surface area contributed by atoms with Crippen LogP contribution in [0.2, 0.25) is 5.02 Å². The number of rotatable bonds is 4. The van der Waals surface area contributed by atoms with E-state index in [2.05, 4.69) is 4.98 Å². The van der Waals surface area contributed by atoms with Crippen LogP contribution < -0.4 is 5.73 Å². The Kier molecular flexibility index (Phi) is 3.49. The third kappa shape index (κ3) is 2.21. The Morgan fingerprint density at radius 1 is 1.44 bits per heavy atom. The predicted octanol–water partition coefficient (Wildman–Crippen LogP) is 2.59. The van der Waals surface area contributed by atoms with Crippen LogP contribution in [0.4, 0.5) is 0 Å². The molecule has 0 spiro atoms. The second kappa shape index (κ2) is 4.87. The Morgan fingerprint density at radius 2 is 2.25 bits per heavy atom. The first-order valence-corrected chi connectivity index (χ1v) is 5.75. The molecule has 0 radical (unpaired) electrons. The van der Waals surface area contributed by atoms with Crippen molar-refractivity contribution in [2.75, 3.05) is 6.54 Å². The molecular weight excluding hydrogens is 224 g/mol. The van der Waals surface area contributed by atoms with Crippen molar-refractivity contribution < 1.29 is 5.11 Å². The van der Waals surface area contributed by atoms with Crippen molar-refractivity contribution in [3.63, 3.8) is 0 Å². The molecule has 0 saturated heterocycles.